The largest absolute Gasteiger partial charge is 0.393 e. The normalized spacial score (nSPS) is 17.3. The van der Waals surface area contributed by atoms with Crippen molar-refractivity contribution in [3.63, 3.8) is 0 Å². The minimum atomic E-state index is -0.272. The summed E-state index contributed by atoms with van der Waals surface area (Å²) in [7, 11) is 0. The summed E-state index contributed by atoms with van der Waals surface area (Å²) in [5.74, 6) is 0. The molecule has 1 N–H and O–H groups in total. The molecule has 1 aliphatic rings. The maximum Gasteiger partial charge on any atom is 0.0552 e. The molecule has 0 amide bonds. The van der Waals surface area contributed by atoms with Crippen molar-refractivity contribution in [2.24, 2.45) is 0 Å². The van der Waals surface area contributed by atoms with Gasteiger partial charge in [-0.15, -0.1) is 11.5 Å². The van der Waals surface area contributed by atoms with Crippen LogP contribution in [0.25, 0.3) is 0 Å². The Labute approximate surface area is 92.5 Å². The maximum absolute atomic E-state index is 9.00. The lowest BCUT2D eigenvalue weighted by Gasteiger charge is -2.09. The Bertz CT molecular complexity index is 289. The van der Waals surface area contributed by atoms with Gasteiger partial charge in [0.1, 0.15) is 0 Å². The van der Waals surface area contributed by atoms with Gasteiger partial charge < -0.3 is 5.11 Å². The van der Waals surface area contributed by atoms with E-state index in [0.717, 1.165) is 0 Å². The molecule has 1 atom stereocenters. The highest BCUT2D eigenvalue weighted by molar-refractivity contribution is 5.09. The van der Waals surface area contributed by atoms with Gasteiger partial charge in [-0.05, 0) is 62.8 Å². The van der Waals surface area contributed by atoms with Crippen molar-refractivity contribution in [2.45, 2.75) is 51.6 Å². The molecule has 15 heavy (non-hydrogen) atoms. The number of hydrogen-bond acceptors (Lipinski definition) is 1. The average Bonchev–Trinajstić information content (AvgIpc) is 2.24. The Morgan fingerprint density at radius 1 is 1.27 bits per heavy atom. The summed E-state index contributed by atoms with van der Waals surface area (Å²) in [6, 6.07) is 0. The van der Waals surface area contributed by atoms with Gasteiger partial charge in [-0.1, -0.05) is 6.42 Å². The summed E-state index contributed by atoms with van der Waals surface area (Å²) >= 11 is 0. The first-order valence-electron chi connectivity index (χ1n) is 5.81. The third-order valence-corrected chi connectivity index (χ3v) is 2.50. The molecule has 0 aliphatic heterocycles. The van der Waals surface area contributed by atoms with Crippen molar-refractivity contribution in [3.8, 4) is 0 Å². The van der Waals surface area contributed by atoms with E-state index in [1.54, 1.807) is 6.92 Å². The Hall–Kier alpha value is -1.00. The van der Waals surface area contributed by atoms with Gasteiger partial charge in [0, 0.05) is 0 Å². The van der Waals surface area contributed by atoms with E-state index in [9.17, 15) is 0 Å². The van der Waals surface area contributed by atoms with Crippen LogP contribution in [0.15, 0.2) is 35.3 Å². The van der Waals surface area contributed by atoms with Crippen molar-refractivity contribution in [3.05, 3.63) is 35.3 Å². The summed E-state index contributed by atoms with van der Waals surface area (Å²) in [6.07, 6.45) is 12.5. The van der Waals surface area contributed by atoms with Crippen LogP contribution < -0.4 is 0 Å². The molecule has 1 nitrogen and oxygen atoms in total. The molecule has 0 aromatic rings. The minimum Gasteiger partial charge on any atom is -0.393 e. The highest BCUT2D eigenvalue weighted by Gasteiger charge is 2.02. The van der Waals surface area contributed by atoms with Gasteiger partial charge in [-0.2, -0.15) is 0 Å². The van der Waals surface area contributed by atoms with E-state index in [2.05, 4.69) is 11.5 Å². The second kappa shape index (κ2) is 7.31. The van der Waals surface area contributed by atoms with Crippen LogP contribution in [0.1, 0.15) is 45.4 Å². The van der Waals surface area contributed by atoms with E-state index in [4.69, 9.17) is 5.11 Å². The maximum atomic E-state index is 9.00. The second-order valence-corrected chi connectivity index (χ2v) is 4.10. The number of hydrogen-bond donors (Lipinski definition) is 1. The zero-order valence-corrected chi connectivity index (χ0v) is 9.50. The lowest BCUT2D eigenvalue weighted by molar-refractivity contribution is 0.198. The van der Waals surface area contributed by atoms with Crippen LogP contribution in [-0.4, -0.2) is 11.2 Å². The predicted molar refractivity (Wildman–Crippen MR) is 63.6 cm³/mol. The topological polar surface area (TPSA) is 20.2 Å². The highest BCUT2D eigenvalue weighted by Crippen LogP contribution is 2.21. The van der Waals surface area contributed by atoms with Crippen LogP contribution in [0.2, 0.25) is 0 Å². The first-order valence-corrected chi connectivity index (χ1v) is 5.81. The van der Waals surface area contributed by atoms with E-state index in [0.29, 0.717) is 6.42 Å². The Morgan fingerprint density at radius 3 is 2.67 bits per heavy atom. The molecule has 1 fully saturated rings. The molecule has 0 heterocycles. The molecule has 0 spiro atoms. The summed E-state index contributed by atoms with van der Waals surface area (Å²) in [5.41, 5.74) is 7.76. The van der Waals surface area contributed by atoms with Crippen LogP contribution in [0.3, 0.4) is 0 Å². The molecular weight excluding hydrogens is 184 g/mol. The summed E-state index contributed by atoms with van der Waals surface area (Å²) in [6.45, 7) is 1.78. The molecule has 1 aliphatic carbocycles. The van der Waals surface area contributed by atoms with Crippen molar-refractivity contribution < 1.29 is 5.11 Å². The van der Waals surface area contributed by atoms with E-state index in [-0.39, 0.29) is 6.10 Å². The quantitative estimate of drug-likeness (QED) is 0.551. The number of allylic oxidation sites excluding steroid dienone is 1. The Kier molecular flexibility index (Phi) is 5.88. The lowest BCUT2D eigenvalue weighted by Crippen LogP contribution is -1.94. The fraction of sp³-hybridized carbons (Fsp3) is 0.571. The smallest absolute Gasteiger partial charge is 0.0552 e. The zero-order chi connectivity index (χ0) is 10.9. The van der Waals surface area contributed by atoms with Crippen LogP contribution in [-0.2, 0) is 0 Å². The third kappa shape index (κ3) is 6.14. The van der Waals surface area contributed by atoms with Crippen molar-refractivity contribution >= 4 is 0 Å². The van der Waals surface area contributed by atoms with E-state index < -0.39 is 0 Å². The molecule has 1 saturated carbocycles. The Morgan fingerprint density at radius 2 is 2.00 bits per heavy atom. The summed E-state index contributed by atoms with van der Waals surface area (Å²) in [5, 5.41) is 9.00. The van der Waals surface area contributed by atoms with Gasteiger partial charge in [-0.3, -0.25) is 0 Å². The second-order valence-electron chi connectivity index (χ2n) is 4.10. The van der Waals surface area contributed by atoms with Crippen LogP contribution >= 0.6 is 0 Å². The molecule has 1 heteroatoms. The predicted octanol–water partition coefficient (Wildman–Crippen LogP) is 3.51. The molecule has 0 radical (unpaired) electrons. The van der Waals surface area contributed by atoms with Gasteiger partial charge in [0.15, 0.2) is 0 Å². The molecule has 0 saturated heterocycles. The van der Waals surface area contributed by atoms with Crippen molar-refractivity contribution in [1.29, 1.82) is 0 Å². The summed E-state index contributed by atoms with van der Waals surface area (Å²) < 4.78 is 0. The molecule has 0 bridgehead atoms. The molecular formula is C14H20O. The fourth-order valence-corrected chi connectivity index (χ4v) is 1.64. The highest BCUT2D eigenvalue weighted by atomic mass is 16.3. The standard InChI is InChI=1S/C14H20O/c1-13(15)9-5-2-3-6-10-14-11-7-4-8-12-14/h3,5-6,13,15H,4,7-9,11-12H2,1H3. The van der Waals surface area contributed by atoms with E-state index >= 15 is 0 Å². The first kappa shape index (κ1) is 12.1. The van der Waals surface area contributed by atoms with Gasteiger partial charge in [-0.25, -0.2) is 0 Å². The SMILES string of the molecule is CC(O)CC=C=CC=C=C1CCCCC1. The van der Waals surface area contributed by atoms with Gasteiger partial charge >= 0.3 is 0 Å². The van der Waals surface area contributed by atoms with Gasteiger partial charge in [0.2, 0.25) is 0 Å². The lowest BCUT2D eigenvalue weighted by atomic mass is 9.96. The monoisotopic (exact) mass is 204 g/mol. The van der Waals surface area contributed by atoms with Gasteiger partial charge in [0.25, 0.3) is 0 Å². The molecule has 82 valence electrons. The molecule has 1 rings (SSSR count). The molecule has 0 aromatic heterocycles. The average molecular weight is 204 g/mol. The molecule has 0 aromatic carbocycles. The number of aliphatic hydroxyl groups excluding tert-OH is 1. The van der Waals surface area contributed by atoms with Crippen molar-refractivity contribution in [2.75, 3.05) is 0 Å². The van der Waals surface area contributed by atoms with Crippen molar-refractivity contribution in [1.82, 2.24) is 0 Å². The zero-order valence-electron chi connectivity index (χ0n) is 9.50. The van der Waals surface area contributed by atoms with Gasteiger partial charge in [0.05, 0.1) is 6.10 Å². The molecule has 1 unspecified atom stereocenters. The van der Waals surface area contributed by atoms with Crippen LogP contribution in [0, 0.1) is 0 Å². The van der Waals surface area contributed by atoms with E-state index in [1.807, 2.05) is 18.2 Å². The Balaban J connectivity index is 2.39. The number of rotatable bonds is 3. The first-order chi connectivity index (χ1) is 7.29. The van der Waals surface area contributed by atoms with Crippen LogP contribution in [0.5, 0.6) is 0 Å². The van der Waals surface area contributed by atoms with Crippen LogP contribution in [0.4, 0.5) is 0 Å². The van der Waals surface area contributed by atoms with E-state index in [1.165, 1.54) is 37.7 Å². The number of aliphatic hydroxyl groups is 1. The fourth-order valence-electron chi connectivity index (χ4n) is 1.64. The minimum absolute atomic E-state index is 0.272. The summed E-state index contributed by atoms with van der Waals surface area (Å²) in [4.78, 5) is 0. The third-order valence-electron chi connectivity index (χ3n) is 2.50.